The second-order valence-corrected chi connectivity index (χ2v) is 9.88. The predicted octanol–water partition coefficient (Wildman–Crippen LogP) is 5.76. The first kappa shape index (κ1) is 24.4. The van der Waals surface area contributed by atoms with Gasteiger partial charge in [0, 0.05) is 21.7 Å². The molecule has 0 bridgehead atoms. The topological polar surface area (TPSA) is 63.5 Å². The van der Waals surface area contributed by atoms with Gasteiger partial charge < -0.3 is 9.88 Å². The van der Waals surface area contributed by atoms with Gasteiger partial charge in [-0.25, -0.2) is 0 Å². The Morgan fingerprint density at radius 3 is 2.17 bits per heavy atom. The van der Waals surface area contributed by atoms with Crippen LogP contribution in [0.1, 0.15) is 60.9 Å². The first-order valence-corrected chi connectivity index (χ1v) is 12.4. The highest BCUT2D eigenvalue weighted by atomic mass is 32.1. The minimum absolute atomic E-state index is 0.0781. The van der Waals surface area contributed by atoms with E-state index in [0.29, 0.717) is 22.5 Å². The Bertz CT molecular complexity index is 1400. The zero-order chi connectivity index (χ0) is 24.9. The lowest BCUT2D eigenvalue weighted by Gasteiger charge is -2.14. The Balaban J connectivity index is 1.51. The van der Waals surface area contributed by atoms with Crippen LogP contribution in [-0.4, -0.2) is 16.4 Å². The van der Waals surface area contributed by atoms with Gasteiger partial charge in [0.2, 0.25) is 0 Å². The number of hydrogen-bond donors (Lipinski definition) is 1. The second-order valence-electron chi connectivity index (χ2n) is 8.70. The van der Waals surface area contributed by atoms with Crippen molar-refractivity contribution in [2.75, 3.05) is 0 Å². The summed E-state index contributed by atoms with van der Waals surface area (Å²) >= 11 is 1.51. The van der Waals surface area contributed by atoms with Gasteiger partial charge in [-0.05, 0) is 63.1 Å². The van der Waals surface area contributed by atoms with Crippen molar-refractivity contribution in [1.29, 1.82) is 0 Å². The fourth-order valence-corrected chi connectivity index (χ4v) is 4.74. The van der Waals surface area contributed by atoms with E-state index in [4.69, 9.17) is 0 Å². The van der Waals surface area contributed by atoms with Crippen LogP contribution >= 0.6 is 11.3 Å². The first-order valence-electron chi connectivity index (χ1n) is 11.6. The Hall–Kier alpha value is -3.77. The third-order valence-electron chi connectivity index (χ3n) is 6.09. The minimum atomic E-state index is -0.250. The number of nitrogens with zero attached hydrogens (tertiary/aromatic N) is 2. The van der Waals surface area contributed by atoms with E-state index in [1.54, 1.807) is 12.1 Å². The van der Waals surface area contributed by atoms with E-state index < -0.39 is 0 Å². The Morgan fingerprint density at radius 2 is 1.51 bits per heavy atom. The van der Waals surface area contributed by atoms with E-state index in [1.165, 1.54) is 11.3 Å². The molecule has 1 N–H and O–H groups in total. The molecule has 1 atom stereocenters. The average Bonchev–Trinajstić information content (AvgIpc) is 3.12. The number of rotatable bonds is 6. The molecule has 0 saturated heterocycles. The van der Waals surface area contributed by atoms with Crippen LogP contribution in [0.4, 0.5) is 0 Å². The van der Waals surface area contributed by atoms with Gasteiger partial charge in [-0.15, -0.1) is 11.3 Å². The maximum absolute atomic E-state index is 12.7. The molecule has 2 amide bonds. The molecule has 0 unspecified atom stereocenters. The summed E-state index contributed by atoms with van der Waals surface area (Å²) in [5.41, 5.74) is 5.46. The molecule has 0 aliphatic rings. The quantitative estimate of drug-likeness (QED) is 0.379. The lowest BCUT2D eigenvalue weighted by Crippen LogP contribution is -2.26. The van der Waals surface area contributed by atoms with Gasteiger partial charge in [0.1, 0.15) is 0 Å². The molecule has 0 saturated carbocycles. The number of benzene rings is 3. The smallest absolute Gasteiger partial charge is 0.279 e. The van der Waals surface area contributed by atoms with Crippen molar-refractivity contribution in [2.24, 2.45) is 4.99 Å². The number of nitrogens with one attached hydrogen (secondary N) is 1. The number of aryl methyl sites for hydroxylation is 2. The average molecular weight is 484 g/mol. The minimum Gasteiger partial charge on any atom is -0.346 e. The third kappa shape index (κ3) is 5.84. The van der Waals surface area contributed by atoms with Crippen LogP contribution in [0.3, 0.4) is 0 Å². The largest absolute Gasteiger partial charge is 0.346 e. The second kappa shape index (κ2) is 10.7. The van der Waals surface area contributed by atoms with Gasteiger partial charge in [0.25, 0.3) is 11.8 Å². The summed E-state index contributed by atoms with van der Waals surface area (Å²) in [7, 11) is 0. The van der Waals surface area contributed by atoms with Crippen LogP contribution in [0.5, 0.6) is 0 Å². The van der Waals surface area contributed by atoms with Crippen molar-refractivity contribution in [1.82, 2.24) is 9.88 Å². The Kier molecular flexibility index (Phi) is 7.42. The maximum atomic E-state index is 12.7. The molecule has 1 aromatic heterocycles. The fraction of sp³-hybridized carbons (Fsp3) is 0.207. The van der Waals surface area contributed by atoms with E-state index in [2.05, 4.69) is 14.9 Å². The van der Waals surface area contributed by atoms with Gasteiger partial charge in [0.15, 0.2) is 4.80 Å². The van der Waals surface area contributed by atoms with Crippen LogP contribution in [0, 0.1) is 20.8 Å². The molecule has 4 aromatic rings. The lowest BCUT2D eigenvalue weighted by molar-refractivity contribution is 0.0938. The number of thiazole rings is 1. The van der Waals surface area contributed by atoms with E-state index >= 15 is 0 Å². The molecule has 0 aliphatic carbocycles. The molecule has 178 valence electrons. The molecule has 0 fully saturated rings. The predicted molar refractivity (Wildman–Crippen MR) is 141 cm³/mol. The van der Waals surface area contributed by atoms with Crippen LogP contribution in [0.2, 0.25) is 0 Å². The summed E-state index contributed by atoms with van der Waals surface area (Å²) in [6.45, 7) is 8.60. The molecule has 0 aliphatic heterocycles. The van der Waals surface area contributed by atoms with E-state index in [9.17, 15) is 9.59 Å². The molecular formula is C29H29N3O2S. The zero-order valence-electron chi connectivity index (χ0n) is 20.4. The number of hydrogen-bond acceptors (Lipinski definition) is 3. The summed E-state index contributed by atoms with van der Waals surface area (Å²) in [6.07, 6.45) is 0. The Morgan fingerprint density at radius 1 is 0.886 bits per heavy atom. The molecule has 0 radical (unpaired) electrons. The number of aromatic nitrogens is 1. The van der Waals surface area contributed by atoms with E-state index in [1.807, 2.05) is 94.4 Å². The Labute approximate surface area is 209 Å². The number of carbonyl (C=O) groups is 2. The zero-order valence-corrected chi connectivity index (χ0v) is 21.2. The fourth-order valence-electron chi connectivity index (χ4n) is 3.77. The van der Waals surface area contributed by atoms with Crippen molar-refractivity contribution in [3.8, 4) is 0 Å². The van der Waals surface area contributed by atoms with Gasteiger partial charge in [0.05, 0.1) is 12.6 Å². The molecule has 1 heterocycles. The lowest BCUT2D eigenvalue weighted by atomic mass is 10.1. The van der Waals surface area contributed by atoms with Gasteiger partial charge in [-0.3, -0.25) is 9.59 Å². The molecular weight excluding hydrogens is 454 g/mol. The normalized spacial score (nSPS) is 12.4. The van der Waals surface area contributed by atoms with Crippen LogP contribution in [0.25, 0.3) is 0 Å². The molecule has 4 rings (SSSR count). The number of amides is 2. The van der Waals surface area contributed by atoms with Gasteiger partial charge >= 0.3 is 0 Å². The van der Waals surface area contributed by atoms with Crippen molar-refractivity contribution in [3.63, 3.8) is 0 Å². The highest BCUT2D eigenvalue weighted by Gasteiger charge is 2.13. The summed E-state index contributed by atoms with van der Waals surface area (Å²) in [5, 5.41) is 3.05. The number of carbonyl (C=O) groups excluding carboxylic acids is 2. The van der Waals surface area contributed by atoms with Crippen molar-refractivity contribution in [3.05, 3.63) is 122 Å². The highest BCUT2D eigenvalue weighted by Crippen LogP contribution is 2.15. The third-order valence-corrected chi connectivity index (χ3v) is 7.19. The molecule has 0 spiro atoms. The standard InChI is InChI=1S/C29H29N3O2S/c1-19-10-14-25(15-11-19)28(34)31-29-32(21(3)22(4)35-29)18-23-12-16-26(17-13-23)27(33)30-20(2)24-8-6-5-7-9-24/h5-17,20H,18H2,1-4H3,(H,30,33)/t20-/m0/s1. The van der Waals surface area contributed by atoms with Crippen LogP contribution in [-0.2, 0) is 6.54 Å². The van der Waals surface area contributed by atoms with Gasteiger partial charge in [-0.1, -0.05) is 60.2 Å². The van der Waals surface area contributed by atoms with E-state index in [-0.39, 0.29) is 17.9 Å². The van der Waals surface area contributed by atoms with E-state index in [0.717, 1.165) is 27.3 Å². The molecule has 35 heavy (non-hydrogen) atoms. The SMILES string of the molecule is Cc1ccc(C(=O)N=c2sc(C)c(C)n2Cc2ccc(C(=O)N[C@@H](C)c3ccccc3)cc2)cc1. The van der Waals surface area contributed by atoms with Crippen LogP contribution in [0.15, 0.2) is 83.9 Å². The summed E-state index contributed by atoms with van der Waals surface area (Å²) < 4.78 is 2.05. The van der Waals surface area contributed by atoms with Crippen molar-refractivity contribution >= 4 is 23.2 Å². The molecule has 6 heteroatoms. The first-order chi connectivity index (χ1) is 16.8. The van der Waals surface area contributed by atoms with Crippen LogP contribution < -0.4 is 10.1 Å². The molecule has 3 aromatic carbocycles. The summed E-state index contributed by atoms with van der Waals surface area (Å²) in [6, 6.07) is 24.8. The highest BCUT2D eigenvalue weighted by molar-refractivity contribution is 7.09. The van der Waals surface area contributed by atoms with Crippen molar-refractivity contribution in [2.45, 2.75) is 40.3 Å². The summed E-state index contributed by atoms with van der Waals surface area (Å²) in [4.78, 5) is 31.7. The van der Waals surface area contributed by atoms with Gasteiger partial charge in [-0.2, -0.15) is 4.99 Å². The summed E-state index contributed by atoms with van der Waals surface area (Å²) in [5.74, 6) is -0.359. The monoisotopic (exact) mass is 483 g/mol. The maximum Gasteiger partial charge on any atom is 0.279 e. The molecule has 5 nitrogen and oxygen atoms in total. The van der Waals surface area contributed by atoms with Crippen molar-refractivity contribution < 1.29 is 9.59 Å².